The van der Waals surface area contributed by atoms with E-state index in [1.165, 1.54) is 23.0 Å². The number of rotatable bonds is 10. The predicted molar refractivity (Wildman–Crippen MR) is 136 cm³/mol. The lowest BCUT2D eigenvalue weighted by Gasteiger charge is -2.14. The van der Waals surface area contributed by atoms with E-state index in [0.717, 1.165) is 42.0 Å². The second-order valence-electron chi connectivity index (χ2n) is 9.46. The number of ether oxygens (including phenoxy) is 2. The van der Waals surface area contributed by atoms with Crippen LogP contribution in [0.1, 0.15) is 61.9 Å². The van der Waals surface area contributed by atoms with Crippen LogP contribution in [0.25, 0.3) is 17.0 Å². The molecule has 0 N–H and O–H groups in total. The van der Waals surface area contributed by atoms with Gasteiger partial charge in [-0.3, -0.25) is 0 Å². The Morgan fingerprint density at radius 2 is 1.97 bits per heavy atom. The van der Waals surface area contributed by atoms with Gasteiger partial charge in [-0.2, -0.15) is 18.9 Å². The molecule has 0 amide bonds. The van der Waals surface area contributed by atoms with Crippen LogP contribution in [-0.2, 0) is 13.7 Å². The minimum absolute atomic E-state index is 0.0399. The first-order chi connectivity index (χ1) is 18.0. The highest BCUT2D eigenvalue weighted by Gasteiger charge is 2.34. The van der Waals surface area contributed by atoms with Crippen molar-refractivity contribution in [3.8, 4) is 23.1 Å². The molecule has 1 saturated carbocycles. The average Bonchev–Trinajstić information content (AvgIpc) is 3.65. The Morgan fingerprint density at radius 1 is 1.24 bits per heavy atom. The van der Waals surface area contributed by atoms with Crippen molar-refractivity contribution in [3.05, 3.63) is 70.6 Å². The van der Waals surface area contributed by atoms with Gasteiger partial charge < -0.3 is 9.47 Å². The molecule has 1 fully saturated rings. The predicted octanol–water partition coefficient (Wildman–Crippen LogP) is 7.25. The highest BCUT2D eigenvalue weighted by Crippen LogP contribution is 2.46. The van der Waals surface area contributed by atoms with Gasteiger partial charge >= 0.3 is 6.61 Å². The Morgan fingerprint density at radius 3 is 2.58 bits per heavy atom. The molecular weight excluding hydrogens is 500 g/mol. The van der Waals surface area contributed by atoms with Crippen molar-refractivity contribution in [1.29, 1.82) is 0 Å². The molecule has 0 aliphatic heterocycles. The number of aromatic nitrogens is 4. The topological polar surface area (TPSA) is 62.1 Å². The first-order valence-corrected chi connectivity index (χ1v) is 12.3. The van der Waals surface area contributed by atoms with Gasteiger partial charge in [0.15, 0.2) is 5.82 Å². The standard InChI is InChI=1S/C28H30F4N4O2/c1-6-20(28(4,31)32)14-17(3)21-10-7-18(13-16(21)2)15-37-22-11-12-33-25(34-22)23-24(19-8-9-19)35-36(5)26(23)38-27(29)30/h6-7,10-14,19,27H,8-9,15H2,1-5H3/b17-14+,20-6+. The zero-order valence-corrected chi connectivity index (χ0v) is 21.9. The van der Waals surface area contributed by atoms with E-state index in [-0.39, 0.29) is 35.7 Å². The van der Waals surface area contributed by atoms with E-state index in [4.69, 9.17) is 9.47 Å². The third kappa shape index (κ3) is 6.23. The first-order valence-electron chi connectivity index (χ1n) is 12.3. The van der Waals surface area contributed by atoms with Crippen molar-refractivity contribution >= 4 is 5.57 Å². The molecule has 0 saturated heterocycles. The number of halogens is 4. The first kappa shape index (κ1) is 27.3. The van der Waals surface area contributed by atoms with Crippen LogP contribution in [-0.4, -0.2) is 32.3 Å². The molecule has 2 heterocycles. The van der Waals surface area contributed by atoms with Crippen molar-refractivity contribution in [3.63, 3.8) is 0 Å². The number of aryl methyl sites for hydroxylation is 2. The lowest BCUT2D eigenvalue weighted by molar-refractivity contribution is -0.0549. The number of hydrogen-bond donors (Lipinski definition) is 0. The number of allylic oxidation sites excluding steroid dienone is 4. The van der Waals surface area contributed by atoms with Gasteiger partial charge in [0.1, 0.15) is 12.2 Å². The lowest BCUT2D eigenvalue weighted by Crippen LogP contribution is -2.12. The van der Waals surface area contributed by atoms with Crippen LogP contribution in [0, 0.1) is 6.92 Å². The van der Waals surface area contributed by atoms with Crippen LogP contribution in [0.5, 0.6) is 11.8 Å². The molecule has 10 heteroatoms. The van der Waals surface area contributed by atoms with Crippen LogP contribution < -0.4 is 9.47 Å². The fourth-order valence-electron chi connectivity index (χ4n) is 4.33. The summed E-state index contributed by atoms with van der Waals surface area (Å²) < 4.78 is 65.7. The summed E-state index contributed by atoms with van der Waals surface area (Å²) in [5.41, 5.74) is 4.30. The minimum Gasteiger partial charge on any atom is -0.473 e. The van der Waals surface area contributed by atoms with Crippen molar-refractivity contribution in [2.75, 3.05) is 0 Å². The number of nitrogens with zero attached hydrogens (tertiary/aromatic N) is 4. The monoisotopic (exact) mass is 530 g/mol. The Labute approximate surface area is 219 Å². The van der Waals surface area contributed by atoms with E-state index >= 15 is 0 Å². The maximum atomic E-state index is 13.8. The summed E-state index contributed by atoms with van der Waals surface area (Å²) >= 11 is 0. The van der Waals surface area contributed by atoms with E-state index in [0.29, 0.717) is 11.3 Å². The van der Waals surface area contributed by atoms with E-state index in [1.807, 2.05) is 25.1 Å². The Balaban J connectivity index is 1.53. The molecule has 3 aromatic rings. The summed E-state index contributed by atoms with van der Waals surface area (Å²) in [6.07, 6.45) is 6.24. The fourth-order valence-corrected chi connectivity index (χ4v) is 4.33. The van der Waals surface area contributed by atoms with Gasteiger partial charge in [-0.1, -0.05) is 24.3 Å². The van der Waals surface area contributed by atoms with Crippen LogP contribution in [0.3, 0.4) is 0 Å². The molecule has 2 aromatic heterocycles. The number of benzene rings is 1. The van der Waals surface area contributed by atoms with Gasteiger partial charge in [0, 0.05) is 37.7 Å². The van der Waals surface area contributed by atoms with Gasteiger partial charge in [-0.15, -0.1) is 0 Å². The summed E-state index contributed by atoms with van der Waals surface area (Å²) in [5, 5.41) is 4.38. The van der Waals surface area contributed by atoms with Crippen LogP contribution in [0.4, 0.5) is 17.6 Å². The van der Waals surface area contributed by atoms with Crippen molar-refractivity contribution in [2.45, 2.75) is 65.6 Å². The molecule has 202 valence electrons. The molecule has 0 bridgehead atoms. The second kappa shape index (κ2) is 11.0. The van der Waals surface area contributed by atoms with Crippen LogP contribution >= 0.6 is 0 Å². The Kier molecular flexibility index (Phi) is 7.89. The summed E-state index contributed by atoms with van der Waals surface area (Å²) in [6, 6.07) is 7.25. The van der Waals surface area contributed by atoms with Gasteiger partial charge in [-0.05, 0) is 62.0 Å². The lowest BCUT2D eigenvalue weighted by atomic mass is 9.96. The van der Waals surface area contributed by atoms with Gasteiger partial charge in [-0.25, -0.2) is 18.4 Å². The van der Waals surface area contributed by atoms with Gasteiger partial charge in [0.25, 0.3) is 5.92 Å². The summed E-state index contributed by atoms with van der Waals surface area (Å²) in [4.78, 5) is 8.72. The van der Waals surface area contributed by atoms with Crippen LogP contribution in [0.15, 0.2) is 48.2 Å². The summed E-state index contributed by atoms with van der Waals surface area (Å²) in [7, 11) is 1.55. The quantitative estimate of drug-likeness (QED) is 0.204. The molecular formula is C28H30F4N4O2. The molecule has 0 atom stereocenters. The second-order valence-corrected chi connectivity index (χ2v) is 9.46. The van der Waals surface area contributed by atoms with E-state index in [9.17, 15) is 17.6 Å². The third-order valence-electron chi connectivity index (χ3n) is 6.33. The minimum atomic E-state index is -3.01. The number of alkyl halides is 4. The zero-order valence-electron chi connectivity index (χ0n) is 21.9. The van der Waals surface area contributed by atoms with Crippen molar-refractivity contribution < 1.29 is 27.0 Å². The SMILES string of the molecule is C/C=C(\C=C(/C)c1ccc(COc2ccnc(-c3c(C4CC4)nn(C)c3OC(F)F)n2)cc1C)C(C)(F)F. The molecule has 6 nitrogen and oxygen atoms in total. The molecule has 1 aromatic carbocycles. The molecule has 1 aliphatic rings. The maximum absolute atomic E-state index is 13.8. The van der Waals surface area contributed by atoms with E-state index in [1.54, 1.807) is 27.0 Å². The van der Waals surface area contributed by atoms with Crippen molar-refractivity contribution in [1.82, 2.24) is 19.7 Å². The summed E-state index contributed by atoms with van der Waals surface area (Å²) in [6.45, 7) is 3.36. The van der Waals surface area contributed by atoms with Gasteiger partial charge in [0.2, 0.25) is 11.8 Å². The van der Waals surface area contributed by atoms with E-state index < -0.39 is 12.5 Å². The molecule has 38 heavy (non-hydrogen) atoms. The van der Waals surface area contributed by atoms with Crippen molar-refractivity contribution in [2.24, 2.45) is 7.05 Å². The zero-order chi connectivity index (χ0) is 27.6. The largest absolute Gasteiger partial charge is 0.473 e. The highest BCUT2D eigenvalue weighted by atomic mass is 19.3. The number of hydrogen-bond acceptors (Lipinski definition) is 5. The van der Waals surface area contributed by atoms with Gasteiger partial charge in [0.05, 0.1) is 5.69 Å². The Bertz CT molecular complexity index is 1370. The molecule has 0 unspecified atom stereocenters. The highest BCUT2D eigenvalue weighted by molar-refractivity contribution is 5.70. The smallest absolute Gasteiger partial charge is 0.388 e. The molecule has 0 radical (unpaired) electrons. The average molecular weight is 531 g/mol. The maximum Gasteiger partial charge on any atom is 0.388 e. The Hall–Kier alpha value is -3.69. The molecule has 1 aliphatic carbocycles. The molecule has 0 spiro atoms. The summed E-state index contributed by atoms with van der Waals surface area (Å²) in [5.74, 6) is -2.38. The normalized spacial score (nSPS) is 14.8. The molecule has 4 rings (SSSR count). The van der Waals surface area contributed by atoms with Crippen LogP contribution in [0.2, 0.25) is 0 Å². The fraction of sp³-hybridized carbons (Fsp3) is 0.393. The van der Waals surface area contributed by atoms with E-state index in [2.05, 4.69) is 15.1 Å². The third-order valence-corrected chi connectivity index (χ3v) is 6.33.